The van der Waals surface area contributed by atoms with Crippen molar-refractivity contribution in [2.75, 3.05) is 18.4 Å². The highest BCUT2D eigenvalue weighted by atomic mass is 35.5. The van der Waals surface area contributed by atoms with Crippen molar-refractivity contribution >= 4 is 29.9 Å². The molecule has 1 heterocycles. The van der Waals surface area contributed by atoms with Crippen molar-refractivity contribution in [3.8, 4) is 0 Å². The lowest BCUT2D eigenvalue weighted by Crippen LogP contribution is -2.54. The van der Waals surface area contributed by atoms with Gasteiger partial charge in [-0.15, -0.1) is 12.4 Å². The Morgan fingerprint density at radius 1 is 1.36 bits per heavy atom. The van der Waals surface area contributed by atoms with Gasteiger partial charge in [0, 0.05) is 37.3 Å². The van der Waals surface area contributed by atoms with Crippen molar-refractivity contribution in [3.63, 3.8) is 0 Å². The van der Waals surface area contributed by atoms with Gasteiger partial charge in [0.1, 0.15) is 0 Å². The Hall–Kier alpha value is -1.59. The fourth-order valence-electron chi connectivity index (χ4n) is 2.66. The second-order valence-corrected chi connectivity index (χ2v) is 6.37. The molecule has 0 spiro atoms. The summed E-state index contributed by atoms with van der Waals surface area (Å²) < 4.78 is 0. The van der Waals surface area contributed by atoms with E-state index in [1.165, 1.54) is 6.92 Å². The number of hydrogen-bond acceptors (Lipinski definition) is 3. The maximum Gasteiger partial charge on any atom is 0.253 e. The topological polar surface area (TPSA) is 75.4 Å². The number of nitrogens with one attached hydrogen (secondary N) is 1. The zero-order chi connectivity index (χ0) is 15.6. The zero-order valence-corrected chi connectivity index (χ0v) is 14.1. The molecule has 0 radical (unpaired) electrons. The molecular formula is C16H24ClN3O2. The summed E-state index contributed by atoms with van der Waals surface area (Å²) in [4.78, 5) is 25.5. The maximum atomic E-state index is 12.6. The lowest BCUT2D eigenvalue weighted by Gasteiger charge is -2.42. The van der Waals surface area contributed by atoms with Crippen molar-refractivity contribution in [2.24, 2.45) is 11.1 Å². The molecule has 3 N–H and O–H groups in total. The van der Waals surface area contributed by atoms with Crippen LogP contribution < -0.4 is 11.1 Å². The predicted molar refractivity (Wildman–Crippen MR) is 90.3 cm³/mol. The Bertz CT molecular complexity index is 560. The van der Waals surface area contributed by atoms with Gasteiger partial charge in [0.2, 0.25) is 5.91 Å². The normalized spacial score (nSPS) is 20.0. The number of benzene rings is 1. The van der Waals surface area contributed by atoms with Crippen molar-refractivity contribution in [1.29, 1.82) is 0 Å². The largest absolute Gasteiger partial charge is 0.338 e. The van der Waals surface area contributed by atoms with Crippen molar-refractivity contribution < 1.29 is 9.59 Å². The van der Waals surface area contributed by atoms with Crippen LogP contribution in [0.3, 0.4) is 0 Å². The van der Waals surface area contributed by atoms with Gasteiger partial charge < -0.3 is 16.0 Å². The number of carbonyl (C=O) groups excluding carboxylic acids is 2. The van der Waals surface area contributed by atoms with Crippen LogP contribution in [-0.4, -0.2) is 35.8 Å². The minimum absolute atomic E-state index is 0. The van der Waals surface area contributed by atoms with E-state index >= 15 is 0 Å². The van der Waals surface area contributed by atoms with E-state index in [4.69, 9.17) is 5.73 Å². The fourth-order valence-corrected chi connectivity index (χ4v) is 2.66. The Balaban J connectivity index is 0.00000242. The summed E-state index contributed by atoms with van der Waals surface area (Å²) in [5.41, 5.74) is 7.26. The summed E-state index contributed by atoms with van der Waals surface area (Å²) in [5, 5.41) is 2.70. The Kier molecular flexibility index (Phi) is 5.97. The van der Waals surface area contributed by atoms with Gasteiger partial charge in [-0.2, -0.15) is 0 Å². The molecule has 22 heavy (non-hydrogen) atoms. The van der Waals surface area contributed by atoms with Crippen molar-refractivity contribution in [1.82, 2.24) is 4.90 Å². The van der Waals surface area contributed by atoms with Gasteiger partial charge in [-0.3, -0.25) is 9.59 Å². The lowest BCUT2D eigenvalue weighted by atomic mass is 9.79. The smallest absolute Gasteiger partial charge is 0.253 e. The minimum Gasteiger partial charge on any atom is -0.338 e. The third kappa shape index (κ3) is 4.21. The second kappa shape index (κ2) is 7.11. The SMILES string of the molecule is CC(=O)Nc1cccc(C(=O)N2CCC(N)C(C)(C)C2)c1.Cl. The number of anilines is 1. The number of nitrogens with zero attached hydrogens (tertiary/aromatic N) is 1. The molecule has 1 aliphatic heterocycles. The maximum absolute atomic E-state index is 12.6. The summed E-state index contributed by atoms with van der Waals surface area (Å²) >= 11 is 0. The summed E-state index contributed by atoms with van der Waals surface area (Å²) in [7, 11) is 0. The molecule has 0 saturated carbocycles. The third-order valence-electron chi connectivity index (χ3n) is 4.03. The van der Waals surface area contributed by atoms with Crippen molar-refractivity contribution in [2.45, 2.75) is 33.2 Å². The predicted octanol–water partition coefficient (Wildman–Crippen LogP) is 2.27. The lowest BCUT2D eigenvalue weighted by molar-refractivity contribution is -0.114. The van der Waals surface area contributed by atoms with E-state index in [0.717, 1.165) is 6.42 Å². The van der Waals surface area contributed by atoms with Gasteiger partial charge >= 0.3 is 0 Å². The standard InChI is InChI=1S/C16H23N3O2.ClH/c1-11(20)18-13-6-4-5-12(9-13)15(21)19-8-7-14(17)16(2,3)10-19;/h4-6,9,14H,7-8,10,17H2,1-3H3,(H,18,20);1H. The van der Waals surface area contributed by atoms with Crippen LogP contribution in [0.15, 0.2) is 24.3 Å². The Morgan fingerprint density at radius 2 is 2.05 bits per heavy atom. The molecule has 122 valence electrons. The highest BCUT2D eigenvalue weighted by molar-refractivity contribution is 5.96. The molecule has 0 aliphatic carbocycles. The highest BCUT2D eigenvalue weighted by Gasteiger charge is 2.35. The van der Waals surface area contributed by atoms with E-state index < -0.39 is 0 Å². The monoisotopic (exact) mass is 325 g/mol. The zero-order valence-electron chi connectivity index (χ0n) is 13.3. The molecular weight excluding hydrogens is 302 g/mol. The van der Waals surface area contributed by atoms with Crippen LogP contribution in [-0.2, 0) is 4.79 Å². The van der Waals surface area contributed by atoms with Gasteiger partial charge in [0.05, 0.1) is 0 Å². The number of nitrogens with two attached hydrogens (primary N) is 1. The van der Waals surface area contributed by atoms with Crippen LogP contribution >= 0.6 is 12.4 Å². The Morgan fingerprint density at radius 3 is 2.64 bits per heavy atom. The van der Waals surface area contributed by atoms with E-state index in [1.807, 2.05) is 4.90 Å². The van der Waals surface area contributed by atoms with Crippen LogP contribution in [0.5, 0.6) is 0 Å². The molecule has 0 aromatic heterocycles. The summed E-state index contributed by atoms with van der Waals surface area (Å²) in [5.74, 6) is -0.160. The number of rotatable bonds is 2. The summed E-state index contributed by atoms with van der Waals surface area (Å²) in [6, 6.07) is 7.15. The van der Waals surface area contributed by atoms with E-state index in [-0.39, 0.29) is 35.7 Å². The number of amides is 2. The third-order valence-corrected chi connectivity index (χ3v) is 4.03. The number of halogens is 1. The molecule has 1 aromatic rings. The number of hydrogen-bond donors (Lipinski definition) is 2. The van der Waals surface area contributed by atoms with Gasteiger partial charge in [-0.05, 0) is 30.0 Å². The van der Waals surface area contributed by atoms with Gasteiger partial charge in [-0.25, -0.2) is 0 Å². The van der Waals surface area contributed by atoms with Gasteiger partial charge in [0.15, 0.2) is 0 Å². The molecule has 1 aliphatic rings. The first-order valence-electron chi connectivity index (χ1n) is 7.22. The van der Waals surface area contributed by atoms with Crippen LogP contribution in [0, 0.1) is 5.41 Å². The van der Waals surface area contributed by atoms with E-state index in [1.54, 1.807) is 24.3 Å². The van der Waals surface area contributed by atoms with E-state index in [9.17, 15) is 9.59 Å². The van der Waals surface area contributed by atoms with Crippen LogP contribution in [0.4, 0.5) is 5.69 Å². The molecule has 0 bridgehead atoms. The van der Waals surface area contributed by atoms with E-state index in [0.29, 0.717) is 24.3 Å². The molecule has 1 fully saturated rings. The average molecular weight is 326 g/mol. The molecule has 5 nitrogen and oxygen atoms in total. The first-order valence-corrected chi connectivity index (χ1v) is 7.22. The first kappa shape index (κ1) is 18.5. The molecule has 1 aromatic carbocycles. The summed E-state index contributed by atoms with van der Waals surface area (Å²) in [6.07, 6.45) is 0.810. The minimum atomic E-state index is -0.148. The second-order valence-electron chi connectivity index (χ2n) is 6.37. The molecule has 2 rings (SSSR count). The van der Waals surface area contributed by atoms with Crippen LogP contribution in [0.25, 0.3) is 0 Å². The van der Waals surface area contributed by atoms with Crippen LogP contribution in [0.1, 0.15) is 37.6 Å². The number of piperidine rings is 1. The van der Waals surface area contributed by atoms with Gasteiger partial charge in [-0.1, -0.05) is 19.9 Å². The van der Waals surface area contributed by atoms with Crippen LogP contribution in [0.2, 0.25) is 0 Å². The van der Waals surface area contributed by atoms with Crippen molar-refractivity contribution in [3.05, 3.63) is 29.8 Å². The van der Waals surface area contributed by atoms with Gasteiger partial charge in [0.25, 0.3) is 5.91 Å². The number of likely N-dealkylation sites (tertiary alicyclic amines) is 1. The Labute approximate surface area is 137 Å². The first-order chi connectivity index (χ1) is 9.79. The van der Waals surface area contributed by atoms with E-state index in [2.05, 4.69) is 19.2 Å². The average Bonchev–Trinajstić information content (AvgIpc) is 2.40. The molecule has 1 atom stereocenters. The highest BCUT2D eigenvalue weighted by Crippen LogP contribution is 2.28. The molecule has 6 heteroatoms. The fraction of sp³-hybridized carbons (Fsp3) is 0.500. The number of carbonyl (C=O) groups is 2. The molecule has 1 saturated heterocycles. The summed E-state index contributed by atoms with van der Waals surface area (Å²) in [6.45, 7) is 6.95. The quantitative estimate of drug-likeness (QED) is 0.875. The molecule has 2 amide bonds. The molecule has 1 unspecified atom stereocenters.